The second-order valence-corrected chi connectivity index (χ2v) is 8.54. The summed E-state index contributed by atoms with van der Waals surface area (Å²) in [6.07, 6.45) is 8.97. The van der Waals surface area contributed by atoms with Crippen LogP contribution in [0.4, 0.5) is 5.82 Å². The first-order valence-corrected chi connectivity index (χ1v) is 11.2. The van der Waals surface area contributed by atoms with E-state index in [1.165, 1.54) is 6.33 Å². The largest absolute Gasteiger partial charge is 0.360 e. The fourth-order valence-electron chi connectivity index (χ4n) is 4.47. The first-order chi connectivity index (χ1) is 17.0. The molecule has 174 valence electrons. The molecule has 1 atom stereocenters. The highest BCUT2D eigenvalue weighted by Crippen LogP contribution is 2.33. The van der Waals surface area contributed by atoms with E-state index in [0.29, 0.717) is 22.8 Å². The Kier molecular flexibility index (Phi) is 4.73. The molecule has 1 unspecified atom stereocenters. The zero-order chi connectivity index (χ0) is 24.1. The van der Waals surface area contributed by atoms with Crippen LogP contribution in [0.2, 0.25) is 0 Å². The highest BCUT2D eigenvalue weighted by molar-refractivity contribution is 6.00. The van der Waals surface area contributed by atoms with Gasteiger partial charge in [-0.3, -0.25) is 14.0 Å². The maximum atomic E-state index is 13.6. The van der Waals surface area contributed by atoms with E-state index in [-0.39, 0.29) is 11.6 Å². The van der Waals surface area contributed by atoms with Crippen molar-refractivity contribution >= 4 is 22.4 Å². The van der Waals surface area contributed by atoms with Gasteiger partial charge in [0, 0.05) is 36.8 Å². The van der Waals surface area contributed by atoms with Gasteiger partial charge >= 0.3 is 0 Å². The Labute approximate surface area is 199 Å². The lowest BCUT2D eigenvalue weighted by atomic mass is 10.1. The summed E-state index contributed by atoms with van der Waals surface area (Å²) in [5.41, 5.74) is 4.66. The van der Waals surface area contributed by atoms with Crippen LogP contribution in [0.5, 0.6) is 0 Å². The minimum Gasteiger partial charge on any atom is -0.360 e. The Hall–Kier alpha value is -4.73. The van der Waals surface area contributed by atoms with Crippen LogP contribution >= 0.6 is 0 Å². The predicted octanol–water partition coefficient (Wildman–Crippen LogP) is 3.64. The second kappa shape index (κ2) is 7.94. The van der Waals surface area contributed by atoms with E-state index >= 15 is 0 Å². The van der Waals surface area contributed by atoms with Gasteiger partial charge in [0.05, 0.1) is 23.3 Å². The van der Waals surface area contributed by atoms with Crippen molar-refractivity contribution in [3.05, 3.63) is 89.3 Å². The van der Waals surface area contributed by atoms with Gasteiger partial charge in [0.1, 0.15) is 23.3 Å². The third-order valence-corrected chi connectivity index (χ3v) is 6.15. The molecule has 6 aromatic rings. The number of aromatic amines is 1. The van der Waals surface area contributed by atoms with Gasteiger partial charge in [0.2, 0.25) is 0 Å². The molecule has 35 heavy (non-hydrogen) atoms. The van der Waals surface area contributed by atoms with Crippen LogP contribution in [0.25, 0.3) is 33.4 Å². The molecular weight excluding hydrogens is 442 g/mol. The molecule has 0 saturated carbocycles. The fraction of sp³-hybridized carbons (Fsp3) is 0.160. The van der Waals surface area contributed by atoms with Gasteiger partial charge in [-0.2, -0.15) is 10.2 Å². The van der Waals surface area contributed by atoms with E-state index in [2.05, 4.69) is 25.4 Å². The van der Waals surface area contributed by atoms with Crippen LogP contribution in [-0.2, 0) is 7.05 Å². The molecule has 5 heterocycles. The zero-order valence-electron chi connectivity index (χ0n) is 19.5. The summed E-state index contributed by atoms with van der Waals surface area (Å²) in [6, 6.07) is 11.1. The topological polar surface area (TPSA) is 111 Å². The van der Waals surface area contributed by atoms with Crippen LogP contribution in [0.15, 0.2) is 72.3 Å². The summed E-state index contributed by atoms with van der Waals surface area (Å²) in [5.74, 6) is 1.20. The molecular formula is C25H23N9O. The molecule has 0 aliphatic heterocycles. The maximum Gasteiger partial charge on any atom is 0.282 e. The Morgan fingerprint density at radius 1 is 1.11 bits per heavy atom. The number of para-hydroxylation sites is 1. The average Bonchev–Trinajstić information content (AvgIpc) is 3.58. The number of aryl methyl sites for hydroxylation is 2. The van der Waals surface area contributed by atoms with Crippen molar-refractivity contribution in [2.24, 2.45) is 7.05 Å². The van der Waals surface area contributed by atoms with Crippen LogP contribution in [0.1, 0.15) is 24.4 Å². The number of benzene rings is 1. The minimum atomic E-state index is -0.357. The van der Waals surface area contributed by atoms with Crippen molar-refractivity contribution in [1.82, 2.24) is 38.9 Å². The summed E-state index contributed by atoms with van der Waals surface area (Å²) in [6.45, 7) is 3.88. The average molecular weight is 466 g/mol. The van der Waals surface area contributed by atoms with Crippen molar-refractivity contribution in [1.29, 1.82) is 0 Å². The molecule has 0 aliphatic carbocycles. The molecule has 0 radical (unpaired) electrons. The van der Waals surface area contributed by atoms with Gasteiger partial charge in [0.25, 0.3) is 5.56 Å². The molecule has 1 aromatic carbocycles. The highest BCUT2D eigenvalue weighted by atomic mass is 16.1. The number of hydrogen-bond donors (Lipinski definition) is 2. The molecule has 10 nitrogen and oxygen atoms in total. The van der Waals surface area contributed by atoms with Gasteiger partial charge < -0.3 is 10.3 Å². The number of anilines is 1. The molecule has 2 N–H and O–H groups in total. The first kappa shape index (κ1) is 20.8. The normalized spacial score (nSPS) is 12.4. The SMILES string of the molecule is Cc1ccn2nc(C(C)Nc3ncnc4[nH]cc(-c5cnn(C)c5)c34)n(-c3ccccc3)c(=O)c12. The van der Waals surface area contributed by atoms with Crippen molar-refractivity contribution < 1.29 is 0 Å². The zero-order valence-corrected chi connectivity index (χ0v) is 19.5. The number of hydrogen-bond acceptors (Lipinski definition) is 6. The lowest BCUT2D eigenvalue weighted by Gasteiger charge is -2.20. The highest BCUT2D eigenvalue weighted by Gasteiger charge is 2.22. The molecule has 0 amide bonds. The van der Waals surface area contributed by atoms with E-state index in [1.54, 1.807) is 20.0 Å². The monoisotopic (exact) mass is 465 g/mol. The molecule has 5 aromatic heterocycles. The van der Waals surface area contributed by atoms with Crippen molar-refractivity contribution in [2.75, 3.05) is 5.32 Å². The molecule has 6 rings (SSSR count). The van der Waals surface area contributed by atoms with E-state index in [4.69, 9.17) is 5.10 Å². The first-order valence-electron chi connectivity index (χ1n) is 11.2. The molecule has 0 fully saturated rings. The standard InChI is InChI=1S/C25H23N9O/c1-15-9-10-33-21(15)25(35)34(18-7-5-4-6-8-18)24(31-33)16(2)30-23-20-19(17-11-29-32(3)13-17)12-26-22(20)27-14-28-23/h4-14,16H,1-3H3,(H2,26,27,28,30). The molecule has 0 aliphatic rings. The third kappa shape index (κ3) is 3.38. The molecule has 0 spiro atoms. The van der Waals surface area contributed by atoms with Gasteiger partial charge in [-0.1, -0.05) is 18.2 Å². The number of aromatic nitrogens is 8. The van der Waals surface area contributed by atoms with Crippen LogP contribution < -0.4 is 10.9 Å². The van der Waals surface area contributed by atoms with Gasteiger partial charge in [-0.05, 0) is 37.6 Å². The maximum absolute atomic E-state index is 13.6. The summed E-state index contributed by atoms with van der Waals surface area (Å²) < 4.78 is 5.07. The number of nitrogens with zero attached hydrogens (tertiary/aromatic N) is 7. The lowest BCUT2D eigenvalue weighted by molar-refractivity contribution is 0.673. The molecule has 0 saturated heterocycles. The fourth-order valence-corrected chi connectivity index (χ4v) is 4.47. The summed E-state index contributed by atoms with van der Waals surface area (Å²) in [7, 11) is 1.88. The van der Waals surface area contributed by atoms with Crippen molar-refractivity contribution in [3.8, 4) is 16.8 Å². The van der Waals surface area contributed by atoms with E-state index < -0.39 is 0 Å². The Bertz CT molecular complexity index is 1740. The molecule has 10 heteroatoms. The predicted molar refractivity (Wildman–Crippen MR) is 134 cm³/mol. The smallest absolute Gasteiger partial charge is 0.282 e. The Morgan fingerprint density at radius 3 is 2.71 bits per heavy atom. The van der Waals surface area contributed by atoms with E-state index in [9.17, 15) is 4.79 Å². The summed E-state index contributed by atoms with van der Waals surface area (Å²) in [5, 5.41) is 13.5. The third-order valence-electron chi connectivity index (χ3n) is 6.15. The van der Waals surface area contributed by atoms with Crippen LogP contribution in [0.3, 0.4) is 0 Å². The van der Waals surface area contributed by atoms with Gasteiger partial charge in [0.15, 0.2) is 5.82 Å². The van der Waals surface area contributed by atoms with Crippen molar-refractivity contribution in [3.63, 3.8) is 0 Å². The second-order valence-electron chi connectivity index (χ2n) is 8.54. The van der Waals surface area contributed by atoms with E-state index in [0.717, 1.165) is 27.8 Å². The van der Waals surface area contributed by atoms with Crippen LogP contribution in [0, 0.1) is 6.92 Å². The van der Waals surface area contributed by atoms with Gasteiger partial charge in [-0.15, -0.1) is 0 Å². The Morgan fingerprint density at radius 2 is 1.94 bits per heavy atom. The number of fused-ring (bicyclic) bond motifs is 2. The summed E-state index contributed by atoms with van der Waals surface area (Å²) >= 11 is 0. The van der Waals surface area contributed by atoms with Crippen molar-refractivity contribution in [2.45, 2.75) is 19.9 Å². The van der Waals surface area contributed by atoms with E-state index in [1.807, 2.05) is 75.9 Å². The summed E-state index contributed by atoms with van der Waals surface area (Å²) in [4.78, 5) is 25.8. The number of H-pyrrole nitrogens is 1. The lowest BCUT2D eigenvalue weighted by Crippen LogP contribution is -2.29. The Balaban J connectivity index is 1.50. The van der Waals surface area contributed by atoms with Gasteiger partial charge in [-0.25, -0.2) is 14.5 Å². The molecule has 0 bridgehead atoms. The minimum absolute atomic E-state index is 0.122. The quantitative estimate of drug-likeness (QED) is 0.402. The number of rotatable bonds is 5. The number of nitrogens with one attached hydrogen (secondary N) is 2. The van der Waals surface area contributed by atoms with Crippen LogP contribution in [-0.4, -0.2) is 38.9 Å².